The van der Waals surface area contributed by atoms with Crippen LogP contribution in [0.3, 0.4) is 0 Å². The average molecular weight is 251 g/mol. The number of piperidine rings is 1. The summed E-state index contributed by atoms with van der Waals surface area (Å²) < 4.78 is 0. The molecule has 100 valence electrons. The Bertz CT molecular complexity index is 359. The summed E-state index contributed by atoms with van der Waals surface area (Å²) in [6, 6.07) is 0.393. The molecule has 0 radical (unpaired) electrons. The van der Waals surface area contributed by atoms with E-state index in [0.717, 1.165) is 13.0 Å². The molecule has 0 aromatic carbocycles. The zero-order valence-corrected chi connectivity index (χ0v) is 10.8. The fourth-order valence-electron chi connectivity index (χ4n) is 2.28. The van der Waals surface area contributed by atoms with E-state index in [2.05, 4.69) is 25.8 Å². The van der Waals surface area contributed by atoms with Crippen LogP contribution in [0, 0.1) is 0 Å². The number of nitrogens with one attached hydrogen (secondary N) is 3. The van der Waals surface area contributed by atoms with Gasteiger partial charge in [0.15, 0.2) is 0 Å². The van der Waals surface area contributed by atoms with Crippen LogP contribution >= 0.6 is 0 Å². The third-order valence-electron chi connectivity index (χ3n) is 3.35. The van der Waals surface area contributed by atoms with Crippen LogP contribution in [0.2, 0.25) is 0 Å². The van der Waals surface area contributed by atoms with Crippen molar-refractivity contribution in [3.63, 3.8) is 0 Å². The average Bonchev–Trinajstić information content (AvgIpc) is 2.91. The molecule has 0 bridgehead atoms. The van der Waals surface area contributed by atoms with Crippen LogP contribution in [0.15, 0.2) is 6.33 Å². The maximum Gasteiger partial charge on any atom is 0.220 e. The first-order valence-corrected chi connectivity index (χ1v) is 6.63. The van der Waals surface area contributed by atoms with Crippen LogP contribution in [0.4, 0.5) is 0 Å². The van der Waals surface area contributed by atoms with Crippen molar-refractivity contribution < 1.29 is 4.79 Å². The predicted octanol–water partition coefficient (Wildman–Crippen LogP) is 0.904. The number of hydrogen-bond acceptors (Lipinski definition) is 4. The molecule has 6 heteroatoms. The number of hydrogen-bond donors (Lipinski definition) is 3. The van der Waals surface area contributed by atoms with Crippen LogP contribution < -0.4 is 10.6 Å². The van der Waals surface area contributed by atoms with E-state index >= 15 is 0 Å². The van der Waals surface area contributed by atoms with Crippen molar-refractivity contribution in [3.8, 4) is 0 Å². The molecule has 0 saturated carbocycles. The first kappa shape index (κ1) is 13.0. The molecule has 1 fully saturated rings. The van der Waals surface area contributed by atoms with E-state index in [-0.39, 0.29) is 11.9 Å². The molecule has 1 aliphatic heterocycles. The van der Waals surface area contributed by atoms with E-state index in [9.17, 15) is 4.79 Å². The lowest BCUT2D eigenvalue weighted by Crippen LogP contribution is -2.35. The van der Waals surface area contributed by atoms with Crippen molar-refractivity contribution >= 4 is 5.91 Å². The van der Waals surface area contributed by atoms with Gasteiger partial charge in [-0.05, 0) is 32.7 Å². The van der Waals surface area contributed by atoms with Crippen molar-refractivity contribution in [2.45, 2.75) is 51.1 Å². The van der Waals surface area contributed by atoms with Crippen LogP contribution in [-0.4, -0.2) is 33.7 Å². The van der Waals surface area contributed by atoms with Gasteiger partial charge < -0.3 is 10.6 Å². The SMILES string of the molecule is CC(NC(=O)CCC1CCCCN1)c1ncn[nH]1. The Balaban J connectivity index is 1.68. The molecule has 1 aliphatic rings. The second-order valence-corrected chi connectivity index (χ2v) is 4.85. The van der Waals surface area contributed by atoms with Gasteiger partial charge in [0.2, 0.25) is 5.91 Å². The maximum absolute atomic E-state index is 11.8. The Kier molecular flexibility index (Phi) is 4.69. The van der Waals surface area contributed by atoms with Crippen LogP contribution in [-0.2, 0) is 4.79 Å². The molecule has 2 atom stereocenters. The first-order chi connectivity index (χ1) is 8.75. The number of H-pyrrole nitrogens is 1. The van der Waals surface area contributed by atoms with Crippen LogP contribution in [0.1, 0.15) is 50.9 Å². The van der Waals surface area contributed by atoms with Crippen molar-refractivity contribution in [1.82, 2.24) is 25.8 Å². The molecule has 1 aromatic heterocycles. The summed E-state index contributed by atoms with van der Waals surface area (Å²) in [5.41, 5.74) is 0. The van der Waals surface area contributed by atoms with E-state index in [1.165, 1.54) is 25.6 Å². The van der Waals surface area contributed by atoms with Crippen LogP contribution in [0.25, 0.3) is 0 Å². The van der Waals surface area contributed by atoms with E-state index in [1.54, 1.807) is 0 Å². The van der Waals surface area contributed by atoms with Gasteiger partial charge >= 0.3 is 0 Å². The Morgan fingerprint density at radius 1 is 1.61 bits per heavy atom. The molecular weight excluding hydrogens is 230 g/mol. The normalized spacial score (nSPS) is 21.5. The fraction of sp³-hybridized carbons (Fsp3) is 0.750. The number of aromatic nitrogens is 3. The summed E-state index contributed by atoms with van der Waals surface area (Å²) in [6.07, 6.45) is 6.64. The zero-order chi connectivity index (χ0) is 12.8. The van der Waals surface area contributed by atoms with E-state index in [0.29, 0.717) is 18.3 Å². The summed E-state index contributed by atoms with van der Waals surface area (Å²) in [7, 11) is 0. The minimum atomic E-state index is -0.112. The fourth-order valence-corrected chi connectivity index (χ4v) is 2.28. The molecule has 6 nitrogen and oxygen atoms in total. The third kappa shape index (κ3) is 3.80. The molecule has 0 spiro atoms. The van der Waals surface area contributed by atoms with Gasteiger partial charge in [-0.1, -0.05) is 6.42 Å². The van der Waals surface area contributed by atoms with E-state index in [4.69, 9.17) is 0 Å². The van der Waals surface area contributed by atoms with Crippen molar-refractivity contribution in [2.24, 2.45) is 0 Å². The summed E-state index contributed by atoms with van der Waals surface area (Å²) in [4.78, 5) is 15.8. The predicted molar refractivity (Wildman–Crippen MR) is 67.8 cm³/mol. The highest BCUT2D eigenvalue weighted by Gasteiger charge is 2.16. The highest BCUT2D eigenvalue weighted by Crippen LogP contribution is 2.12. The highest BCUT2D eigenvalue weighted by molar-refractivity contribution is 5.76. The summed E-state index contributed by atoms with van der Waals surface area (Å²) in [5, 5.41) is 12.9. The molecular formula is C12H21N5O. The minimum Gasteiger partial charge on any atom is -0.346 e. The summed E-state index contributed by atoms with van der Waals surface area (Å²) in [5.74, 6) is 0.769. The number of amides is 1. The topological polar surface area (TPSA) is 82.7 Å². The lowest BCUT2D eigenvalue weighted by molar-refractivity contribution is -0.122. The molecule has 1 saturated heterocycles. The van der Waals surface area contributed by atoms with Gasteiger partial charge in [-0.15, -0.1) is 0 Å². The Hall–Kier alpha value is -1.43. The Morgan fingerprint density at radius 3 is 3.17 bits per heavy atom. The molecule has 0 aliphatic carbocycles. The molecule has 18 heavy (non-hydrogen) atoms. The molecule has 1 amide bonds. The van der Waals surface area contributed by atoms with Gasteiger partial charge in [0.05, 0.1) is 6.04 Å². The number of aromatic amines is 1. The van der Waals surface area contributed by atoms with Gasteiger partial charge in [-0.25, -0.2) is 4.98 Å². The van der Waals surface area contributed by atoms with Gasteiger partial charge in [0.25, 0.3) is 0 Å². The first-order valence-electron chi connectivity index (χ1n) is 6.63. The smallest absolute Gasteiger partial charge is 0.220 e. The van der Waals surface area contributed by atoms with Crippen LogP contribution in [0.5, 0.6) is 0 Å². The largest absolute Gasteiger partial charge is 0.346 e. The second-order valence-electron chi connectivity index (χ2n) is 4.85. The summed E-state index contributed by atoms with van der Waals surface area (Å²) >= 11 is 0. The molecule has 1 aromatic rings. The van der Waals surface area contributed by atoms with Gasteiger partial charge in [-0.3, -0.25) is 9.89 Å². The van der Waals surface area contributed by atoms with Crippen molar-refractivity contribution in [1.29, 1.82) is 0 Å². The zero-order valence-electron chi connectivity index (χ0n) is 10.8. The highest BCUT2D eigenvalue weighted by atomic mass is 16.1. The number of carbonyl (C=O) groups is 1. The molecule has 2 heterocycles. The van der Waals surface area contributed by atoms with Gasteiger partial charge in [0, 0.05) is 12.5 Å². The third-order valence-corrected chi connectivity index (χ3v) is 3.35. The minimum absolute atomic E-state index is 0.0753. The van der Waals surface area contributed by atoms with Gasteiger partial charge in [0.1, 0.15) is 12.2 Å². The number of carbonyl (C=O) groups excluding carboxylic acids is 1. The Morgan fingerprint density at radius 2 is 2.50 bits per heavy atom. The van der Waals surface area contributed by atoms with Crippen molar-refractivity contribution in [2.75, 3.05) is 6.54 Å². The molecule has 3 N–H and O–H groups in total. The maximum atomic E-state index is 11.8. The summed E-state index contributed by atoms with van der Waals surface area (Å²) in [6.45, 7) is 2.98. The number of rotatable bonds is 5. The molecule has 2 rings (SSSR count). The van der Waals surface area contributed by atoms with E-state index < -0.39 is 0 Å². The second kappa shape index (κ2) is 6.49. The lowest BCUT2D eigenvalue weighted by Gasteiger charge is -2.23. The quantitative estimate of drug-likeness (QED) is 0.726. The van der Waals surface area contributed by atoms with E-state index in [1.807, 2.05) is 6.92 Å². The molecule has 2 unspecified atom stereocenters. The lowest BCUT2D eigenvalue weighted by atomic mass is 10.0. The number of nitrogens with zero attached hydrogens (tertiary/aromatic N) is 2. The Labute approximate surface area is 107 Å². The van der Waals surface area contributed by atoms with Gasteiger partial charge in [-0.2, -0.15) is 5.10 Å². The standard InChI is InChI=1S/C12H21N5O/c1-9(12-14-8-15-17-12)16-11(18)6-5-10-4-2-3-7-13-10/h8-10,13H,2-7H2,1H3,(H,16,18)(H,14,15,17). The van der Waals surface area contributed by atoms with Crippen molar-refractivity contribution in [3.05, 3.63) is 12.2 Å². The monoisotopic (exact) mass is 251 g/mol.